The maximum Gasteiger partial charge on any atom is 0.225 e. The molecule has 0 spiro atoms. The normalized spacial score (nSPS) is 23.1. The lowest BCUT2D eigenvalue weighted by Crippen LogP contribution is -2.50. The third kappa shape index (κ3) is 3.88. The van der Waals surface area contributed by atoms with Crippen LogP contribution < -0.4 is 4.90 Å². The molecule has 0 bridgehead atoms. The first-order chi connectivity index (χ1) is 10.3. The number of aliphatic hydroxyl groups excluding tert-OH is 1. The van der Waals surface area contributed by atoms with Gasteiger partial charge >= 0.3 is 0 Å². The number of hydrogen-bond donors (Lipinski definition) is 1. The van der Waals surface area contributed by atoms with Gasteiger partial charge in [0.15, 0.2) is 0 Å². The largest absolute Gasteiger partial charge is 0.390 e. The SMILES string of the molecule is OCc1ccnc(N2CC(COC[C@@H]3COCCO3)C2)n1. The van der Waals surface area contributed by atoms with Crippen molar-refractivity contribution < 1.29 is 19.3 Å². The number of hydrogen-bond acceptors (Lipinski definition) is 7. The van der Waals surface area contributed by atoms with Gasteiger partial charge in [0, 0.05) is 25.2 Å². The maximum atomic E-state index is 9.08. The Morgan fingerprint density at radius 2 is 2.24 bits per heavy atom. The van der Waals surface area contributed by atoms with Crippen LogP contribution in [0.4, 0.5) is 5.95 Å². The van der Waals surface area contributed by atoms with E-state index in [0.29, 0.717) is 44.0 Å². The maximum absolute atomic E-state index is 9.08. The summed E-state index contributed by atoms with van der Waals surface area (Å²) in [6, 6.07) is 1.72. The molecule has 0 saturated carbocycles. The zero-order chi connectivity index (χ0) is 14.5. The Bertz CT molecular complexity index is 448. The number of anilines is 1. The standard InChI is InChI=1S/C14H21N3O4/c18-7-12-1-2-15-14(16-12)17-5-11(6-17)8-20-10-13-9-19-3-4-21-13/h1-2,11,13,18H,3-10H2/t13-/m0/s1. The van der Waals surface area contributed by atoms with E-state index < -0.39 is 0 Å². The molecular weight excluding hydrogens is 274 g/mol. The minimum absolute atomic E-state index is 0.0562. The van der Waals surface area contributed by atoms with Gasteiger partial charge in [0.1, 0.15) is 6.10 Å². The van der Waals surface area contributed by atoms with Crippen molar-refractivity contribution in [3.8, 4) is 0 Å². The molecule has 2 fully saturated rings. The highest BCUT2D eigenvalue weighted by atomic mass is 16.6. The second-order valence-corrected chi connectivity index (χ2v) is 5.38. The Labute approximate surface area is 123 Å². The molecule has 2 aliphatic rings. The molecule has 7 heteroatoms. The Morgan fingerprint density at radius 1 is 1.33 bits per heavy atom. The second-order valence-electron chi connectivity index (χ2n) is 5.38. The molecule has 0 unspecified atom stereocenters. The smallest absolute Gasteiger partial charge is 0.225 e. The van der Waals surface area contributed by atoms with Gasteiger partial charge in [-0.2, -0.15) is 0 Å². The average molecular weight is 295 g/mol. The van der Waals surface area contributed by atoms with Crippen molar-refractivity contribution in [3.05, 3.63) is 18.0 Å². The summed E-state index contributed by atoms with van der Waals surface area (Å²) in [5.41, 5.74) is 0.647. The molecular formula is C14H21N3O4. The van der Waals surface area contributed by atoms with E-state index in [9.17, 15) is 0 Å². The molecule has 2 aliphatic heterocycles. The molecule has 21 heavy (non-hydrogen) atoms. The van der Waals surface area contributed by atoms with Crippen LogP contribution in [-0.4, -0.2) is 67.3 Å². The van der Waals surface area contributed by atoms with Crippen molar-refractivity contribution >= 4 is 5.95 Å². The quantitative estimate of drug-likeness (QED) is 0.781. The Balaban J connectivity index is 1.35. The van der Waals surface area contributed by atoms with Gasteiger partial charge < -0.3 is 24.2 Å². The van der Waals surface area contributed by atoms with Crippen LogP contribution >= 0.6 is 0 Å². The molecule has 3 rings (SSSR count). The molecule has 0 aromatic carbocycles. The zero-order valence-corrected chi connectivity index (χ0v) is 12.0. The fourth-order valence-electron chi connectivity index (χ4n) is 2.46. The molecule has 1 N–H and O–H groups in total. The highest BCUT2D eigenvalue weighted by molar-refractivity contribution is 5.34. The predicted molar refractivity (Wildman–Crippen MR) is 75.0 cm³/mol. The molecule has 0 amide bonds. The number of nitrogens with zero attached hydrogens (tertiary/aromatic N) is 3. The Hall–Kier alpha value is -1.28. The molecule has 2 saturated heterocycles. The van der Waals surface area contributed by atoms with Crippen molar-refractivity contribution in [2.24, 2.45) is 5.92 Å². The first kappa shape index (κ1) is 14.6. The van der Waals surface area contributed by atoms with Gasteiger partial charge in [-0.1, -0.05) is 0 Å². The highest BCUT2D eigenvalue weighted by Gasteiger charge is 2.29. The molecule has 1 aromatic heterocycles. The van der Waals surface area contributed by atoms with E-state index in [1.54, 1.807) is 12.3 Å². The van der Waals surface area contributed by atoms with Crippen LogP contribution in [-0.2, 0) is 20.8 Å². The number of rotatable bonds is 6. The molecule has 1 atom stereocenters. The van der Waals surface area contributed by atoms with Gasteiger partial charge in [-0.3, -0.25) is 0 Å². The number of ether oxygens (including phenoxy) is 3. The molecule has 0 aliphatic carbocycles. The Kier molecular flexibility index (Phi) is 4.97. The molecule has 0 radical (unpaired) electrons. The fraction of sp³-hybridized carbons (Fsp3) is 0.714. The number of aliphatic hydroxyl groups is 1. The van der Waals surface area contributed by atoms with Crippen LogP contribution in [0, 0.1) is 5.92 Å². The van der Waals surface area contributed by atoms with Crippen LogP contribution in [0.1, 0.15) is 5.69 Å². The topological polar surface area (TPSA) is 76.9 Å². The lowest BCUT2D eigenvalue weighted by Gasteiger charge is -2.39. The predicted octanol–water partition coefficient (Wildman–Crippen LogP) is -0.163. The van der Waals surface area contributed by atoms with Crippen molar-refractivity contribution in [2.45, 2.75) is 12.7 Å². The van der Waals surface area contributed by atoms with E-state index in [1.165, 1.54) is 0 Å². The summed E-state index contributed by atoms with van der Waals surface area (Å²) >= 11 is 0. The van der Waals surface area contributed by atoms with Crippen LogP contribution in [0.25, 0.3) is 0 Å². The van der Waals surface area contributed by atoms with Crippen molar-refractivity contribution in [1.82, 2.24) is 9.97 Å². The van der Waals surface area contributed by atoms with E-state index in [2.05, 4.69) is 14.9 Å². The first-order valence-electron chi connectivity index (χ1n) is 7.30. The molecule has 3 heterocycles. The van der Waals surface area contributed by atoms with Crippen LogP contribution in [0.3, 0.4) is 0 Å². The van der Waals surface area contributed by atoms with Crippen LogP contribution in [0.15, 0.2) is 12.3 Å². The van der Waals surface area contributed by atoms with E-state index in [4.69, 9.17) is 19.3 Å². The van der Waals surface area contributed by atoms with Gasteiger partial charge in [-0.05, 0) is 6.07 Å². The van der Waals surface area contributed by atoms with Crippen LogP contribution in [0.5, 0.6) is 0 Å². The summed E-state index contributed by atoms with van der Waals surface area (Å²) in [5.74, 6) is 1.18. The molecule has 7 nitrogen and oxygen atoms in total. The molecule has 1 aromatic rings. The van der Waals surface area contributed by atoms with Gasteiger partial charge in [0.05, 0.1) is 45.3 Å². The van der Waals surface area contributed by atoms with E-state index in [1.807, 2.05) is 0 Å². The van der Waals surface area contributed by atoms with Gasteiger partial charge in [0.2, 0.25) is 5.95 Å². The van der Waals surface area contributed by atoms with E-state index >= 15 is 0 Å². The summed E-state index contributed by atoms with van der Waals surface area (Å²) in [6.45, 7) is 4.99. The van der Waals surface area contributed by atoms with Gasteiger partial charge in [0.25, 0.3) is 0 Å². The summed E-state index contributed by atoms with van der Waals surface area (Å²) < 4.78 is 16.5. The summed E-state index contributed by atoms with van der Waals surface area (Å²) in [5, 5.41) is 9.08. The minimum Gasteiger partial charge on any atom is -0.390 e. The summed E-state index contributed by atoms with van der Waals surface area (Å²) in [4.78, 5) is 10.6. The lowest BCUT2D eigenvalue weighted by molar-refractivity contribution is -0.118. The van der Waals surface area contributed by atoms with Crippen molar-refractivity contribution in [3.63, 3.8) is 0 Å². The van der Waals surface area contributed by atoms with E-state index in [0.717, 1.165) is 19.7 Å². The van der Waals surface area contributed by atoms with Crippen molar-refractivity contribution in [2.75, 3.05) is 51.0 Å². The monoisotopic (exact) mass is 295 g/mol. The fourth-order valence-corrected chi connectivity index (χ4v) is 2.46. The summed E-state index contributed by atoms with van der Waals surface area (Å²) in [7, 11) is 0. The zero-order valence-electron chi connectivity index (χ0n) is 12.0. The van der Waals surface area contributed by atoms with Crippen LogP contribution in [0.2, 0.25) is 0 Å². The number of aromatic nitrogens is 2. The first-order valence-corrected chi connectivity index (χ1v) is 7.30. The highest BCUT2D eigenvalue weighted by Crippen LogP contribution is 2.21. The third-order valence-corrected chi connectivity index (χ3v) is 3.64. The summed E-state index contributed by atoms with van der Waals surface area (Å²) in [6.07, 6.45) is 1.75. The molecule has 116 valence electrons. The van der Waals surface area contributed by atoms with E-state index in [-0.39, 0.29) is 12.7 Å². The van der Waals surface area contributed by atoms with Crippen molar-refractivity contribution in [1.29, 1.82) is 0 Å². The minimum atomic E-state index is -0.0562. The van der Waals surface area contributed by atoms with Gasteiger partial charge in [-0.15, -0.1) is 0 Å². The lowest BCUT2D eigenvalue weighted by atomic mass is 10.0. The third-order valence-electron chi connectivity index (χ3n) is 3.64. The average Bonchev–Trinajstić information content (AvgIpc) is 2.50. The second kappa shape index (κ2) is 7.13. The Morgan fingerprint density at radius 3 is 3.00 bits per heavy atom. The van der Waals surface area contributed by atoms with Gasteiger partial charge in [-0.25, -0.2) is 9.97 Å².